The van der Waals surface area contributed by atoms with E-state index in [-0.39, 0.29) is 23.8 Å². The summed E-state index contributed by atoms with van der Waals surface area (Å²) in [5, 5.41) is 9.30. The van der Waals surface area contributed by atoms with Gasteiger partial charge in [-0.15, -0.1) is 0 Å². The van der Waals surface area contributed by atoms with Crippen molar-refractivity contribution in [1.82, 2.24) is 0 Å². The quantitative estimate of drug-likeness (QED) is 0.510. The minimum atomic E-state index is -0.400. The summed E-state index contributed by atoms with van der Waals surface area (Å²) >= 11 is 0. The van der Waals surface area contributed by atoms with Gasteiger partial charge in [-0.25, -0.2) is 9.38 Å². The highest BCUT2D eigenvalue weighted by Crippen LogP contribution is 2.18. The zero-order chi connectivity index (χ0) is 14.5. The summed E-state index contributed by atoms with van der Waals surface area (Å²) in [5.74, 6) is -0.441. The number of nitrogens with zero attached hydrogens (tertiary/aromatic N) is 1. The van der Waals surface area contributed by atoms with Gasteiger partial charge in [0.2, 0.25) is 0 Å². The van der Waals surface area contributed by atoms with Gasteiger partial charge in [0.1, 0.15) is 17.4 Å². The predicted molar refractivity (Wildman–Crippen MR) is 74.7 cm³/mol. The lowest BCUT2D eigenvalue weighted by atomic mass is 10.1. The molecule has 0 aliphatic rings. The Hall–Kier alpha value is -2.69. The Morgan fingerprint density at radius 3 is 2.55 bits per heavy atom. The first kappa shape index (κ1) is 13.7. The molecule has 2 rings (SSSR count). The van der Waals surface area contributed by atoms with Crippen molar-refractivity contribution in [2.45, 2.75) is 6.42 Å². The van der Waals surface area contributed by atoms with E-state index in [1.165, 1.54) is 36.4 Å². The van der Waals surface area contributed by atoms with E-state index in [4.69, 9.17) is 5.73 Å². The van der Waals surface area contributed by atoms with Gasteiger partial charge in [-0.2, -0.15) is 0 Å². The second kappa shape index (κ2) is 5.97. The molecule has 4 nitrogen and oxygen atoms in total. The molecule has 0 saturated carbocycles. The largest absolute Gasteiger partial charge is 0.508 e. The molecule has 0 aromatic heterocycles. The molecule has 0 spiro atoms. The molecule has 3 N–H and O–H groups in total. The average Bonchev–Trinajstić information content (AvgIpc) is 2.39. The molecule has 5 heteroatoms. The van der Waals surface area contributed by atoms with Gasteiger partial charge in [-0.05, 0) is 36.4 Å². The number of aliphatic imine (C=N–C) groups is 1. The van der Waals surface area contributed by atoms with Crippen LogP contribution >= 0.6 is 0 Å². The zero-order valence-electron chi connectivity index (χ0n) is 10.6. The summed E-state index contributed by atoms with van der Waals surface area (Å²) in [5.41, 5.74) is 6.54. The maximum Gasteiger partial charge on any atom is 0.170 e. The number of hydrogen-bond acceptors (Lipinski definition) is 3. The maximum absolute atomic E-state index is 12.8. The van der Waals surface area contributed by atoms with Crippen LogP contribution in [0.4, 0.5) is 10.1 Å². The minimum absolute atomic E-state index is 0.0682. The number of aromatic hydroxyl groups is 1. The number of phenolic OH excluding ortho intramolecular Hbond substituents is 1. The fraction of sp³-hybridized carbons (Fsp3) is 0.0667. The van der Waals surface area contributed by atoms with Crippen molar-refractivity contribution in [3.05, 3.63) is 59.9 Å². The first-order valence-electron chi connectivity index (χ1n) is 5.95. The molecule has 0 amide bonds. The monoisotopic (exact) mass is 272 g/mol. The van der Waals surface area contributed by atoms with Gasteiger partial charge < -0.3 is 10.8 Å². The van der Waals surface area contributed by atoms with E-state index in [0.29, 0.717) is 11.3 Å². The highest BCUT2D eigenvalue weighted by molar-refractivity contribution is 6.09. The standard InChI is InChI=1S/C15H13FN2O2/c16-11-6-4-10(5-7-11)14(20)9-15(17)18-12-2-1-3-13(19)8-12/h1-8,19H,9H2,(H2,17,18). The molecule has 0 heterocycles. The molecule has 0 aliphatic carbocycles. The molecular formula is C15H13FN2O2. The Labute approximate surface area is 115 Å². The Morgan fingerprint density at radius 1 is 1.20 bits per heavy atom. The highest BCUT2D eigenvalue weighted by atomic mass is 19.1. The fourth-order valence-electron chi connectivity index (χ4n) is 1.67. The van der Waals surface area contributed by atoms with Gasteiger partial charge >= 0.3 is 0 Å². The Bertz CT molecular complexity index is 651. The normalized spacial score (nSPS) is 11.3. The molecule has 2 aromatic carbocycles. The number of rotatable bonds is 4. The number of carbonyl (C=O) groups is 1. The molecule has 20 heavy (non-hydrogen) atoms. The van der Waals surface area contributed by atoms with E-state index in [9.17, 15) is 14.3 Å². The first-order chi connectivity index (χ1) is 9.54. The average molecular weight is 272 g/mol. The maximum atomic E-state index is 12.8. The van der Waals surface area contributed by atoms with Gasteiger partial charge in [-0.1, -0.05) is 6.07 Å². The minimum Gasteiger partial charge on any atom is -0.508 e. The Morgan fingerprint density at radius 2 is 1.90 bits per heavy atom. The van der Waals surface area contributed by atoms with Crippen LogP contribution in [-0.2, 0) is 0 Å². The smallest absolute Gasteiger partial charge is 0.170 e. The van der Waals surface area contributed by atoms with Crippen LogP contribution in [0.2, 0.25) is 0 Å². The van der Waals surface area contributed by atoms with Crippen LogP contribution < -0.4 is 5.73 Å². The predicted octanol–water partition coefficient (Wildman–Crippen LogP) is 2.79. The van der Waals surface area contributed by atoms with Crippen molar-refractivity contribution in [3.8, 4) is 5.75 Å². The number of phenols is 1. The van der Waals surface area contributed by atoms with Gasteiger partial charge in [-0.3, -0.25) is 4.79 Å². The number of halogens is 1. The van der Waals surface area contributed by atoms with Crippen molar-refractivity contribution >= 4 is 17.3 Å². The summed E-state index contributed by atoms with van der Waals surface area (Å²) in [4.78, 5) is 15.9. The first-order valence-corrected chi connectivity index (χ1v) is 5.95. The fourth-order valence-corrected chi connectivity index (χ4v) is 1.67. The van der Waals surface area contributed by atoms with E-state index < -0.39 is 5.82 Å². The van der Waals surface area contributed by atoms with Crippen molar-refractivity contribution in [3.63, 3.8) is 0 Å². The van der Waals surface area contributed by atoms with E-state index >= 15 is 0 Å². The van der Waals surface area contributed by atoms with E-state index in [0.717, 1.165) is 0 Å². The summed E-state index contributed by atoms with van der Waals surface area (Å²) in [6.45, 7) is 0. The van der Waals surface area contributed by atoms with Crippen molar-refractivity contribution in [1.29, 1.82) is 0 Å². The summed E-state index contributed by atoms with van der Waals surface area (Å²) < 4.78 is 12.8. The Balaban J connectivity index is 2.09. The Kier molecular flexibility index (Phi) is 4.10. The molecule has 0 radical (unpaired) electrons. The molecular weight excluding hydrogens is 259 g/mol. The third kappa shape index (κ3) is 3.65. The zero-order valence-corrected chi connectivity index (χ0v) is 10.6. The molecule has 0 atom stereocenters. The number of nitrogens with two attached hydrogens (primary N) is 1. The van der Waals surface area contributed by atoms with E-state index in [1.807, 2.05) is 0 Å². The van der Waals surface area contributed by atoms with Crippen LogP contribution in [-0.4, -0.2) is 16.7 Å². The molecule has 0 unspecified atom stereocenters. The number of Topliss-reactive ketones (excluding diaryl/α,β-unsaturated/α-hetero) is 1. The van der Waals surface area contributed by atoms with Crippen LogP contribution in [0.15, 0.2) is 53.5 Å². The molecule has 0 bridgehead atoms. The van der Waals surface area contributed by atoms with Crippen LogP contribution in [0.5, 0.6) is 5.75 Å². The number of amidine groups is 1. The number of hydrogen-bond donors (Lipinski definition) is 2. The number of benzene rings is 2. The second-order valence-corrected chi connectivity index (χ2v) is 4.23. The third-order valence-electron chi connectivity index (χ3n) is 2.61. The lowest BCUT2D eigenvalue weighted by Crippen LogP contribution is -2.16. The van der Waals surface area contributed by atoms with Crippen molar-refractivity contribution in [2.75, 3.05) is 0 Å². The highest BCUT2D eigenvalue weighted by Gasteiger charge is 2.08. The summed E-state index contributed by atoms with van der Waals surface area (Å²) in [6, 6.07) is 11.5. The van der Waals surface area contributed by atoms with Crippen LogP contribution in [0, 0.1) is 5.82 Å². The van der Waals surface area contributed by atoms with E-state index in [2.05, 4.69) is 4.99 Å². The number of ketones is 1. The lowest BCUT2D eigenvalue weighted by Gasteiger charge is -2.02. The lowest BCUT2D eigenvalue weighted by molar-refractivity contribution is 0.100. The topological polar surface area (TPSA) is 75.7 Å². The van der Waals surface area contributed by atoms with Gasteiger partial charge in [0.15, 0.2) is 5.78 Å². The van der Waals surface area contributed by atoms with Crippen molar-refractivity contribution in [2.24, 2.45) is 10.7 Å². The second-order valence-electron chi connectivity index (χ2n) is 4.23. The molecule has 2 aromatic rings. The third-order valence-corrected chi connectivity index (χ3v) is 2.61. The molecule has 102 valence electrons. The van der Waals surface area contributed by atoms with Crippen LogP contribution in [0.3, 0.4) is 0 Å². The molecule has 0 aliphatic heterocycles. The van der Waals surface area contributed by atoms with Gasteiger partial charge in [0.25, 0.3) is 0 Å². The van der Waals surface area contributed by atoms with Gasteiger partial charge in [0.05, 0.1) is 12.1 Å². The SMILES string of the molecule is NC(CC(=O)c1ccc(F)cc1)=Nc1cccc(O)c1. The number of carbonyl (C=O) groups excluding carboxylic acids is 1. The summed E-state index contributed by atoms with van der Waals surface area (Å²) in [7, 11) is 0. The summed E-state index contributed by atoms with van der Waals surface area (Å²) in [6.07, 6.45) is -0.0682. The molecule has 0 fully saturated rings. The van der Waals surface area contributed by atoms with Crippen LogP contribution in [0.1, 0.15) is 16.8 Å². The van der Waals surface area contributed by atoms with Crippen molar-refractivity contribution < 1.29 is 14.3 Å². The van der Waals surface area contributed by atoms with Crippen LogP contribution in [0.25, 0.3) is 0 Å². The molecule has 0 saturated heterocycles. The van der Waals surface area contributed by atoms with E-state index in [1.54, 1.807) is 12.1 Å². The van der Waals surface area contributed by atoms with Gasteiger partial charge in [0, 0.05) is 11.6 Å².